The first-order chi connectivity index (χ1) is 13.1. The molecule has 27 heavy (non-hydrogen) atoms. The van der Waals surface area contributed by atoms with E-state index in [9.17, 15) is 0 Å². The van der Waals surface area contributed by atoms with Gasteiger partial charge in [-0.1, -0.05) is 0 Å². The van der Waals surface area contributed by atoms with Crippen LogP contribution in [0.3, 0.4) is 0 Å². The molecule has 5 heteroatoms. The Labute approximate surface area is 176 Å². The quantitative estimate of drug-likeness (QED) is 0.360. The number of thiophene rings is 2. The summed E-state index contributed by atoms with van der Waals surface area (Å²) in [5, 5.41) is 0. The smallest absolute Gasteiger partial charge is 0.127 e. The van der Waals surface area contributed by atoms with Crippen LogP contribution in [0.1, 0.15) is 32.7 Å². The zero-order chi connectivity index (χ0) is 19.2. The third kappa shape index (κ3) is 5.34. The standard InChI is InChI=1S/C22H21BrO2S2/c1-4-25-21-14-16(6-9-18-8-5-15(2)26-18)20(24-3)13-17(21)7-10-19-11-12-22(23)27-19/h5-14H,4H2,1-3H3. The highest BCUT2D eigenvalue weighted by molar-refractivity contribution is 9.11. The maximum Gasteiger partial charge on any atom is 0.127 e. The van der Waals surface area contributed by atoms with Crippen molar-refractivity contribution < 1.29 is 9.47 Å². The highest BCUT2D eigenvalue weighted by atomic mass is 79.9. The second kappa shape index (κ2) is 9.40. The number of benzene rings is 1. The van der Waals surface area contributed by atoms with Crippen molar-refractivity contribution in [2.75, 3.05) is 13.7 Å². The van der Waals surface area contributed by atoms with Crippen LogP contribution in [0.15, 0.2) is 40.2 Å². The molecule has 1 aromatic carbocycles. The van der Waals surface area contributed by atoms with Crippen molar-refractivity contribution in [3.8, 4) is 11.5 Å². The fraction of sp³-hybridized carbons (Fsp3) is 0.182. The molecule has 0 atom stereocenters. The molecule has 0 radical (unpaired) electrons. The van der Waals surface area contributed by atoms with Crippen molar-refractivity contribution in [3.63, 3.8) is 0 Å². The molecule has 0 aliphatic rings. The third-order valence-corrected chi connectivity index (χ3v) is 6.43. The Kier molecular flexibility index (Phi) is 6.94. The van der Waals surface area contributed by atoms with Gasteiger partial charge < -0.3 is 9.47 Å². The summed E-state index contributed by atoms with van der Waals surface area (Å²) in [6.07, 6.45) is 8.36. The van der Waals surface area contributed by atoms with Gasteiger partial charge in [0.15, 0.2) is 0 Å². The predicted octanol–water partition coefficient (Wildman–Crippen LogP) is 7.63. The van der Waals surface area contributed by atoms with E-state index < -0.39 is 0 Å². The second-order valence-electron chi connectivity index (χ2n) is 5.82. The van der Waals surface area contributed by atoms with Gasteiger partial charge in [-0.25, -0.2) is 0 Å². The second-order valence-corrected chi connectivity index (χ2v) is 9.64. The van der Waals surface area contributed by atoms with Crippen LogP contribution in [0.2, 0.25) is 0 Å². The average molecular weight is 461 g/mol. The number of hydrogen-bond acceptors (Lipinski definition) is 4. The first kappa shape index (κ1) is 19.9. The summed E-state index contributed by atoms with van der Waals surface area (Å²) in [7, 11) is 1.70. The van der Waals surface area contributed by atoms with Crippen molar-refractivity contribution >= 4 is 62.9 Å². The third-order valence-electron chi connectivity index (χ3n) is 3.87. The minimum atomic E-state index is 0.616. The highest BCUT2D eigenvalue weighted by Gasteiger charge is 2.09. The fourth-order valence-corrected chi connectivity index (χ4v) is 4.72. The SMILES string of the molecule is CCOc1cc(C=Cc2ccc(C)s2)c(OC)cc1C=Cc1ccc(Br)s1. The first-order valence-electron chi connectivity index (χ1n) is 8.62. The summed E-state index contributed by atoms with van der Waals surface area (Å²) < 4.78 is 12.6. The van der Waals surface area contributed by atoms with E-state index in [1.165, 1.54) is 14.6 Å². The lowest BCUT2D eigenvalue weighted by Gasteiger charge is -2.12. The maximum absolute atomic E-state index is 5.88. The van der Waals surface area contributed by atoms with Gasteiger partial charge in [-0.15, -0.1) is 22.7 Å². The lowest BCUT2D eigenvalue weighted by Crippen LogP contribution is -1.96. The van der Waals surface area contributed by atoms with Gasteiger partial charge in [0.2, 0.25) is 0 Å². The van der Waals surface area contributed by atoms with Gasteiger partial charge in [0.05, 0.1) is 17.5 Å². The van der Waals surface area contributed by atoms with Crippen LogP contribution in [0.25, 0.3) is 24.3 Å². The summed E-state index contributed by atoms with van der Waals surface area (Å²) in [6.45, 7) is 4.73. The molecule has 2 heterocycles. The number of aryl methyl sites for hydroxylation is 1. The van der Waals surface area contributed by atoms with E-state index in [-0.39, 0.29) is 0 Å². The van der Waals surface area contributed by atoms with Crippen molar-refractivity contribution in [1.29, 1.82) is 0 Å². The number of methoxy groups -OCH3 is 1. The van der Waals surface area contributed by atoms with Gasteiger partial charge in [-0.2, -0.15) is 0 Å². The first-order valence-corrected chi connectivity index (χ1v) is 11.0. The predicted molar refractivity (Wildman–Crippen MR) is 123 cm³/mol. The minimum absolute atomic E-state index is 0.616. The maximum atomic E-state index is 5.88. The van der Waals surface area contributed by atoms with Crippen LogP contribution in [0.4, 0.5) is 0 Å². The van der Waals surface area contributed by atoms with Gasteiger partial charge in [0.1, 0.15) is 11.5 Å². The molecular weight excluding hydrogens is 440 g/mol. The van der Waals surface area contributed by atoms with Crippen LogP contribution in [0, 0.1) is 6.92 Å². The van der Waals surface area contributed by atoms with Crippen molar-refractivity contribution in [2.45, 2.75) is 13.8 Å². The van der Waals surface area contributed by atoms with Gasteiger partial charge in [0.25, 0.3) is 0 Å². The van der Waals surface area contributed by atoms with Crippen LogP contribution in [0.5, 0.6) is 11.5 Å². The number of rotatable bonds is 7. The molecular formula is C22H21BrO2S2. The van der Waals surface area contributed by atoms with E-state index in [4.69, 9.17) is 9.47 Å². The van der Waals surface area contributed by atoms with E-state index in [0.717, 1.165) is 26.4 Å². The zero-order valence-electron chi connectivity index (χ0n) is 15.5. The lowest BCUT2D eigenvalue weighted by atomic mass is 10.1. The summed E-state index contributed by atoms with van der Waals surface area (Å²) in [6, 6.07) is 12.5. The van der Waals surface area contributed by atoms with E-state index in [1.54, 1.807) is 29.8 Å². The molecule has 0 fully saturated rings. The summed E-state index contributed by atoms with van der Waals surface area (Å²) >= 11 is 6.97. The molecule has 0 N–H and O–H groups in total. The monoisotopic (exact) mass is 460 g/mol. The molecule has 0 bridgehead atoms. The Balaban J connectivity index is 1.94. The molecule has 140 valence electrons. The molecule has 0 aliphatic carbocycles. The van der Waals surface area contributed by atoms with Crippen LogP contribution in [-0.4, -0.2) is 13.7 Å². The molecule has 3 rings (SSSR count). The van der Waals surface area contributed by atoms with Gasteiger partial charge in [0, 0.05) is 25.8 Å². The average Bonchev–Trinajstić information content (AvgIpc) is 3.27. The van der Waals surface area contributed by atoms with E-state index in [1.807, 2.05) is 19.1 Å². The number of halogens is 1. The van der Waals surface area contributed by atoms with Crippen molar-refractivity contribution in [3.05, 3.63) is 65.9 Å². The summed E-state index contributed by atoms with van der Waals surface area (Å²) in [5.41, 5.74) is 2.00. The fourth-order valence-electron chi connectivity index (χ4n) is 2.61. The molecule has 0 saturated heterocycles. The van der Waals surface area contributed by atoms with Crippen molar-refractivity contribution in [2.24, 2.45) is 0 Å². The molecule has 0 aliphatic heterocycles. The Bertz CT molecular complexity index is 967. The van der Waals surface area contributed by atoms with Crippen LogP contribution < -0.4 is 9.47 Å². The molecule has 2 aromatic heterocycles. The van der Waals surface area contributed by atoms with Gasteiger partial charge in [-0.05, 0) is 90.5 Å². The largest absolute Gasteiger partial charge is 0.496 e. The minimum Gasteiger partial charge on any atom is -0.496 e. The van der Waals surface area contributed by atoms with Gasteiger partial charge in [-0.3, -0.25) is 0 Å². The Hall–Kier alpha value is -1.82. The van der Waals surface area contributed by atoms with Crippen molar-refractivity contribution in [1.82, 2.24) is 0 Å². The lowest BCUT2D eigenvalue weighted by molar-refractivity contribution is 0.338. The molecule has 3 aromatic rings. The topological polar surface area (TPSA) is 18.5 Å². The Morgan fingerprint density at radius 3 is 2.07 bits per heavy atom. The molecule has 2 nitrogen and oxygen atoms in total. The summed E-state index contributed by atoms with van der Waals surface area (Å²) in [4.78, 5) is 3.71. The number of ether oxygens (including phenoxy) is 2. The molecule has 0 saturated carbocycles. The molecule has 0 amide bonds. The highest BCUT2D eigenvalue weighted by Crippen LogP contribution is 2.33. The molecule has 0 spiro atoms. The summed E-state index contributed by atoms with van der Waals surface area (Å²) in [5.74, 6) is 1.68. The van der Waals surface area contributed by atoms with Crippen LogP contribution >= 0.6 is 38.6 Å². The van der Waals surface area contributed by atoms with Gasteiger partial charge >= 0.3 is 0 Å². The van der Waals surface area contributed by atoms with E-state index >= 15 is 0 Å². The Morgan fingerprint density at radius 2 is 1.52 bits per heavy atom. The van der Waals surface area contributed by atoms with E-state index in [2.05, 4.69) is 71.4 Å². The normalized spacial score (nSPS) is 11.6. The Morgan fingerprint density at radius 1 is 0.889 bits per heavy atom. The molecule has 0 unspecified atom stereocenters. The van der Waals surface area contributed by atoms with Crippen LogP contribution in [-0.2, 0) is 0 Å². The zero-order valence-corrected chi connectivity index (χ0v) is 18.7. The van der Waals surface area contributed by atoms with E-state index in [0.29, 0.717) is 6.61 Å². The number of hydrogen-bond donors (Lipinski definition) is 0.